The van der Waals surface area contributed by atoms with Crippen molar-refractivity contribution in [2.24, 2.45) is 34.7 Å². The number of rotatable bonds is 7. The van der Waals surface area contributed by atoms with Gasteiger partial charge in [0.25, 0.3) is 5.91 Å². The molecular weight excluding hydrogens is 492 g/mol. The third-order valence-electron chi connectivity index (χ3n) is 8.03. The Labute approximate surface area is 217 Å². The van der Waals surface area contributed by atoms with Gasteiger partial charge >= 0.3 is 5.97 Å². The van der Waals surface area contributed by atoms with Crippen molar-refractivity contribution >= 4 is 23.9 Å². The highest BCUT2D eigenvalue weighted by molar-refractivity contribution is 5.95. The summed E-state index contributed by atoms with van der Waals surface area (Å²) in [7, 11) is 1.51. The Morgan fingerprint density at radius 3 is 2.53 bits per heavy atom. The van der Waals surface area contributed by atoms with Crippen LogP contribution in [0.5, 0.6) is 11.5 Å². The number of nitrogen functional groups attached to an aromatic ring is 1. The van der Waals surface area contributed by atoms with Gasteiger partial charge in [0.1, 0.15) is 0 Å². The average molecular weight is 521 g/mol. The van der Waals surface area contributed by atoms with Gasteiger partial charge in [-0.15, -0.1) is 5.10 Å². The summed E-state index contributed by atoms with van der Waals surface area (Å²) in [4.78, 5) is 26.0. The maximum Gasteiger partial charge on any atom is 0.315 e. The van der Waals surface area contributed by atoms with Crippen LogP contribution in [0.15, 0.2) is 27.9 Å². The molecule has 4 fully saturated rings. The predicted molar refractivity (Wildman–Crippen MR) is 133 cm³/mol. The van der Waals surface area contributed by atoms with Gasteiger partial charge in [-0.2, -0.15) is 9.78 Å². The van der Waals surface area contributed by atoms with Gasteiger partial charge in [-0.1, -0.05) is 5.21 Å². The highest BCUT2D eigenvalue weighted by Crippen LogP contribution is 2.56. The first-order valence-corrected chi connectivity index (χ1v) is 12.6. The Kier molecular flexibility index (Phi) is 6.04. The number of hydrogen-bond donors (Lipinski definition) is 2. The number of aryl methyl sites for hydroxylation is 1. The predicted octanol–water partition coefficient (Wildman–Crippen LogP) is 2.29. The quantitative estimate of drug-likeness (QED) is 0.204. The minimum Gasteiger partial charge on any atom is -0.493 e. The first kappa shape index (κ1) is 24.1. The summed E-state index contributed by atoms with van der Waals surface area (Å²) in [5.41, 5.74) is 9.19. The number of aromatic nitrogens is 5. The molecule has 1 amide bonds. The third-order valence-corrected chi connectivity index (χ3v) is 8.03. The Morgan fingerprint density at radius 2 is 1.87 bits per heavy atom. The van der Waals surface area contributed by atoms with Gasteiger partial charge in [0, 0.05) is 0 Å². The van der Waals surface area contributed by atoms with E-state index in [1.165, 1.54) is 19.7 Å². The van der Waals surface area contributed by atoms with Gasteiger partial charge in [0.2, 0.25) is 11.6 Å². The molecule has 1 aromatic carbocycles. The standard InChI is InChI=1S/C25H28N8O5/c1-12-21(33(32-28-12)23-22(26)30-38-31-23)24(34)29-27-11-13-3-4-18(19(10-13)36-2)37-25(35)20-16-6-14-5-15(8-16)9-17(20)7-14/h3-4,10-11,14-17,20H,5-9H2,1-2H3,(H2,26,30)(H,29,34)/b27-11-. The SMILES string of the molecule is COc1cc(/C=N\NC(=O)c2c(C)nnn2-c2nonc2N)ccc1OC(=O)C1C2CC3CC(C2)CC1C3. The normalized spacial score (nSPS) is 25.6. The average Bonchev–Trinajstić information content (AvgIpc) is 3.48. The Bertz CT molecular complexity index is 1380. The number of nitrogens with zero attached hydrogens (tertiary/aromatic N) is 6. The van der Waals surface area contributed by atoms with Crippen LogP contribution in [-0.2, 0) is 4.79 Å². The lowest BCUT2D eigenvalue weighted by Crippen LogP contribution is -2.49. The molecule has 2 aromatic heterocycles. The highest BCUT2D eigenvalue weighted by atomic mass is 16.6. The molecule has 0 radical (unpaired) electrons. The van der Waals surface area contributed by atoms with E-state index < -0.39 is 5.91 Å². The molecule has 0 spiro atoms. The summed E-state index contributed by atoms with van der Waals surface area (Å²) in [6.45, 7) is 1.61. The lowest BCUT2D eigenvalue weighted by Gasteiger charge is -2.53. The smallest absolute Gasteiger partial charge is 0.315 e. The monoisotopic (exact) mass is 520 g/mol. The summed E-state index contributed by atoms with van der Waals surface area (Å²) in [6.07, 6.45) is 7.35. The molecule has 4 aliphatic carbocycles. The second-order valence-electron chi connectivity index (χ2n) is 10.4. The van der Waals surface area contributed by atoms with Crippen molar-refractivity contribution in [3.63, 3.8) is 0 Å². The number of esters is 1. The number of hydrogen-bond acceptors (Lipinski definition) is 11. The summed E-state index contributed by atoms with van der Waals surface area (Å²) in [5, 5.41) is 18.9. The van der Waals surface area contributed by atoms with E-state index in [0.29, 0.717) is 34.6 Å². The van der Waals surface area contributed by atoms with E-state index in [1.54, 1.807) is 25.1 Å². The fourth-order valence-electron chi connectivity index (χ4n) is 6.66. The van der Waals surface area contributed by atoms with Crippen LogP contribution in [0.3, 0.4) is 0 Å². The Morgan fingerprint density at radius 1 is 1.13 bits per heavy atom. The van der Waals surface area contributed by atoms with Crippen LogP contribution >= 0.6 is 0 Å². The number of methoxy groups -OCH3 is 1. The molecule has 0 aliphatic heterocycles. The lowest BCUT2D eigenvalue weighted by atomic mass is 9.52. The van der Waals surface area contributed by atoms with Crippen molar-refractivity contribution in [3.05, 3.63) is 35.2 Å². The summed E-state index contributed by atoms with van der Waals surface area (Å²) in [6, 6.07) is 5.10. The molecular formula is C25H28N8O5. The number of amides is 1. The van der Waals surface area contributed by atoms with Crippen LogP contribution in [0, 0.1) is 36.5 Å². The summed E-state index contributed by atoms with van der Waals surface area (Å²) >= 11 is 0. The molecule has 7 rings (SSSR count). The van der Waals surface area contributed by atoms with Crippen LogP contribution in [0.25, 0.3) is 5.82 Å². The maximum atomic E-state index is 13.2. The zero-order valence-electron chi connectivity index (χ0n) is 21.0. The van der Waals surface area contributed by atoms with Crippen LogP contribution in [0.4, 0.5) is 5.82 Å². The van der Waals surface area contributed by atoms with E-state index in [4.69, 9.17) is 15.2 Å². The molecule has 0 atom stereocenters. The third kappa shape index (κ3) is 4.27. The number of hydrazone groups is 1. The second kappa shape index (κ2) is 9.54. The van der Waals surface area contributed by atoms with Crippen LogP contribution < -0.4 is 20.6 Å². The van der Waals surface area contributed by atoms with Crippen molar-refractivity contribution in [2.75, 3.05) is 12.8 Å². The molecule has 3 N–H and O–H groups in total. The molecule has 38 heavy (non-hydrogen) atoms. The van der Waals surface area contributed by atoms with E-state index in [-0.39, 0.29) is 29.2 Å². The summed E-state index contributed by atoms with van der Waals surface area (Å²) < 4.78 is 17.0. The number of carbonyl (C=O) groups excluding carboxylic acids is 2. The van der Waals surface area contributed by atoms with Gasteiger partial charge in [-0.25, -0.2) is 10.1 Å². The number of benzene rings is 1. The molecule has 2 heterocycles. The molecule has 198 valence electrons. The first-order valence-electron chi connectivity index (χ1n) is 12.6. The zero-order chi connectivity index (χ0) is 26.4. The Balaban J connectivity index is 1.12. The van der Waals surface area contributed by atoms with Crippen molar-refractivity contribution < 1.29 is 23.7 Å². The number of nitrogens with one attached hydrogen (secondary N) is 1. The lowest BCUT2D eigenvalue weighted by molar-refractivity contribution is -0.152. The van der Waals surface area contributed by atoms with Gasteiger partial charge in [-0.05, 0) is 96.8 Å². The molecule has 13 nitrogen and oxygen atoms in total. The van der Waals surface area contributed by atoms with E-state index in [1.807, 2.05) is 0 Å². The van der Waals surface area contributed by atoms with Gasteiger partial charge in [-0.3, -0.25) is 9.59 Å². The van der Waals surface area contributed by atoms with Crippen LogP contribution in [0.2, 0.25) is 0 Å². The molecule has 4 saturated carbocycles. The van der Waals surface area contributed by atoms with E-state index in [0.717, 1.165) is 42.2 Å². The van der Waals surface area contributed by atoms with E-state index in [2.05, 4.69) is 35.8 Å². The first-order chi connectivity index (χ1) is 18.4. The van der Waals surface area contributed by atoms with Crippen LogP contribution in [-0.4, -0.2) is 50.5 Å². The maximum absolute atomic E-state index is 13.2. The van der Waals surface area contributed by atoms with Crippen molar-refractivity contribution in [2.45, 2.75) is 39.0 Å². The van der Waals surface area contributed by atoms with Gasteiger partial charge < -0.3 is 15.2 Å². The van der Waals surface area contributed by atoms with Crippen molar-refractivity contribution in [1.29, 1.82) is 0 Å². The highest BCUT2D eigenvalue weighted by Gasteiger charge is 2.51. The van der Waals surface area contributed by atoms with Gasteiger partial charge in [0.15, 0.2) is 17.2 Å². The molecule has 0 saturated heterocycles. The van der Waals surface area contributed by atoms with Crippen molar-refractivity contribution in [3.8, 4) is 17.3 Å². The molecule has 4 bridgehead atoms. The van der Waals surface area contributed by atoms with Crippen LogP contribution in [0.1, 0.15) is 53.8 Å². The topological polar surface area (TPSA) is 173 Å². The molecule has 3 aromatic rings. The fraction of sp³-hybridized carbons (Fsp3) is 0.480. The summed E-state index contributed by atoms with van der Waals surface area (Å²) in [5.74, 6) is 2.46. The molecule has 13 heteroatoms. The largest absolute Gasteiger partial charge is 0.493 e. The number of carbonyl (C=O) groups is 2. The minimum atomic E-state index is -0.584. The van der Waals surface area contributed by atoms with E-state index >= 15 is 0 Å². The molecule has 0 unspecified atom stereocenters. The number of nitrogens with two attached hydrogens (primary N) is 1. The Hall–Kier alpha value is -4.29. The van der Waals surface area contributed by atoms with E-state index in [9.17, 15) is 9.59 Å². The molecule has 4 aliphatic rings. The van der Waals surface area contributed by atoms with Gasteiger partial charge in [0.05, 0.1) is 24.9 Å². The minimum absolute atomic E-state index is 0.0290. The zero-order valence-corrected chi connectivity index (χ0v) is 21.0. The number of ether oxygens (including phenoxy) is 2. The van der Waals surface area contributed by atoms with Crippen molar-refractivity contribution in [1.82, 2.24) is 30.7 Å². The second-order valence-corrected chi connectivity index (χ2v) is 10.4. The number of anilines is 1. The fourth-order valence-corrected chi connectivity index (χ4v) is 6.66.